The smallest absolute Gasteiger partial charge is 0.169 e. The van der Waals surface area contributed by atoms with Gasteiger partial charge in [-0.3, -0.25) is 4.90 Å². The van der Waals surface area contributed by atoms with Crippen LogP contribution in [0.3, 0.4) is 0 Å². The van der Waals surface area contributed by atoms with Gasteiger partial charge in [0.05, 0.1) is 11.4 Å². The molecule has 0 saturated carbocycles. The van der Waals surface area contributed by atoms with Gasteiger partial charge in [-0.2, -0.15) is 0 Å². The van der Waals surface area contributed by atoms with E-state index < -0.39 is 0 Å². The number of para-hydroxylation sites is 1. The molecule has 3 aromatic rings. The molecule has 2 unspecified atom stereocenters. The first kappa shape index (κ1) is 19.2. The predicted octanol–water partition coefficient (Wildman–Crippen LogP) is 3.53. The van der Waals surface area contributed by atoms with E-state index in [1.54, 1.807) is 12.1 Å². The largest absolute Gasteiger partial charge is 0.507 e. The van der Waals surface area contributed by atoms with Crippen LogP contribution in [0.1, 0.15) is 19.4 Å². The lowest BCUT2D eigenvalue weighted by molar-refractivity contribution is 0.123. The predicted molar refractivity (Wildman–Crippen MR) is 117 cm³/mol. The minimum atomic E-state index is 0.187. The summed E-state index contributed by atoms with van der Waals surface area (Å²) in [4.78, 5) is 4.81. The molecule has 2 heterocycles. The van der Waals surface area contributed by atoms with E-state index in [0.717, 1.165) is 25.3 Å². The third-order valence-electron chi connectivity index (χ3n) is 5.63. The fourth-order valence-corrected chi connectivity index (χ4v) is 4.13. The Labute approximate surface area is 171 Å². The van der Waals surface area contributed by atoms with Gasteiger partial charge < -0.3 is 15.7 Å². The Kier molecular flexibility index (Phi) is 5.36. The van der Waals surface area contributed by atoms with Crippen molar-refractivity contribution in [2.45, 2.75) is 32.5 Å². The van der Waals surface area contributed by atoms with Crippen LogP contribution < -0.4 is 10.6 Å². The van der Waals surface area contributed by atoms with Gasteiger partial charge in [0.1, 0.15) is 5.75 Å². The van der Waals surface area contributed by atoms with Crippen LogP contribution in [-0.2, 0) is 6.54 Å². The first-order valence-corrected chi connectivity index (χ1v) is 9.99. The molecule has 0 bridgehead atoms. The Morgan fingerprint density at radius 3 is 2.31 bits per heavy atom. The standard InChI is InChI=1S/C23H27N5O/c1-16-13-27(14-17(2)28(16)15-18-8-4-3-5-9-18)21-12-20(25-26-23(21)24)19-10-6-7-11-22(19)29/h3-12,16-17,29H,13-15H2,1-2H3,(H2,24,26). The number of benzene rings is 2. The summed E-state index contributed by atoms with van der Waals surface area (Å²) in [5.74, 6) is 0.604. The SMILES string of the molecule is CC1CN(c2cc(-c3ccccc3O)nnc2N)CC(C)N1Cc1ccccc1. The Balaban J connectivity index is 1.57. The average Bonchev–Trinajstić information content (AvgIpc) is 2.72. The van der Waals surface area contributed by atoms with E-state index >= 15 is 0 Å². The van der Waals surface area contributed by atoms with E-state index in [9.17, 15) is 5.11 Å². The molecule has 2 atom stereocenters. The molecule has 1 aliphatic rings. The van der Waals surface area contributed by atoms with Gasteiger partial charge in [0.25, 0.3) is 0 Å². The number of nitrogen functional groups attached to an aromatic ring is 1. The minimum absolute atomic E-state index is 0.187. The molecule has 0 spiro atoms. The van der Waals surface area contributed by atoms with E-state index in [1.807, 2.05) is 18.2 Å². The van der Waals surface area contributed by atoms with Crippen molar-refractivity contribution in [1.82, 2.24) is 15.1 Å². The number of piperazine rings is 1. The summed E-state index contributed by atoms with van der Waals surface area (Å²) < 4.78 is 0. The number of aromatic hydroxyl groups is 1. The zero-order valence-corrected chi connectivity index (χ0v) is 16.9. The van der Waals surface area contributed by atoms with Crippen molar-refractivity contribution in [1.29, 1.82) is 0 Å². The zero-order chi connectivity index (χ0) is 20.4. The van der Waals surface area contributed by atoms with Crippen LogP contribution in [0.5, 0.6) is 5.75 Å². The highest BCUT2D eigenvalue weighted by atomic mass is 16.3. The lowest BCUT2D eigenvalue weighted by atomic mass is 10.0. The van der Waals surface area contributed by atoms with Gasteiger partial charge in [-0.15, -0.1) is 10.2 Å². The van der Waals surface area contributed by atoms with E-state index in [2.05, 4.69) is 64.2 Å². The molecule has 6 heteroatoms. The molecule has 0 aliphatic carbocycles. The molecular weight excluding hydrogens is 362 g/mol. The van der Waals surface area contributed by atoms with Crippen molar-refractivity contribution < 1.29 is 5.11 Å². The van der Waals surface area contributed by atoms with Crippen molar-refractivity contribution >= 4 is 11.5 Å². The molecule has 1 saturated heterocycles. The molecule has 150 valence electrons. The molecular formula is C23H27N5O. The van der Waals surface area contributed by atoms with Crippen molar-refractivity contribution in [2.24, 2.45) is 0 Å². The Morgan fingerprint density at radius 2 is 1.62 bits per heavy atom. The molecule has 1 aromatic heterocycles. The summed E-state index contributed by atoms with van der Waals surface area (Å²) in [5, 5.41) is 18.5. The summed E-state index contributed by atoms with van der Waals surface area (Å²) in [6.45, 7) is 7.14. The normalized spacial score (nSPS) is 20.0. The monoisotopic (exact) mass is 389 g/mol. The van der Waals surface area contributed by atoms with Gasteiger partial charge in [-0.05, 0) is 37.6 Å². The second-order valence-electron chi connectivity index (χ2n) is 7.78. The van der Waals surface area contributed by atoms with Crippen LogP contribution in [-0.4, -0.2) is 45.4 Å². The molecule has 1 aliphatic heterocycles. The number of hydrogen-bond donors (Lipinski definition) is 2. The molecule has 4 rings (SSSR count). The summed E-state index contributed by atoms with van der Waals surface area (Å²) in [7, 11) is 0. The van der Waals surface area contributed by atoms with Gasteiger partial charge >= 0.3 is 0 Å². The number of rotatable bonds is 4. The summed E-state index contributed by atoms with van der Waals surface area (Å²) in [6.07, 6.45) is 0. The minimum Gasteiger partial charge on any atom is -0.507 e. The van der Waals surface area contributed by atoms with E-state index in [0.29, 0.717) is 29.2 Å². The number of nitrogens with zero attached hydrogens (tertiary/aromatic N) is 4. The maximum atomic E-state index is 10.2. The van der Waals surface area contributed by atoms with Crippen LogP contribution in [0.15, 0.2) is 60.7 Å². The highest BCUT2D eigenvalue weighted by Gasteiger charge is 2.30. The van der Waals surface area contributed by atoms with Crippen LogP contribution in [0.4, 0.5) is 11.5 Å². The number of nitrogens with two attached hydrogens (primary N) is 1. The molecule has 0 amide bonds. The highest BCUT2D eigenvalue weighted by molar-refractivity contribution is 5.74. The van der Waals surface area contributed by atoms with Gasteiger partial charge in [-0.25, -0.2) is 0 Å². The first-order chi connectivity index (χ1) is 14.0. The molecule has 3 N–H and O–H groups in total. The third kappa shape index (κ3) is 4.03. The Morgan fingerprint density at radius 1 is 0.966 bits per heavy atom. The number of aromatic nitrogens is 2. The maximum Gasteiger partial charge on any atom is 0.169 e. The summed E-state index contributed by atoms with van der Waals surface area (Å²) in [6, 6.07) is 20.4. The van der Waals surface area contributed by atoms with Crippen molar-refractivity contribution in [3.05, 3.63) is 66.2 Å². The van der Waals surface area contributed by atoms with Crippen molar-refractivity contribution in [3.8, 4) is 17.0 Å². The summed E-state index contributed by atoms with van der Waals surface area (Å²) in [5.41, 5.74) is 9.67. The lowest BCUT2D eigenvalue weighted by Gasteiger charge is -2.45. The van der Waals surface area contributed by atoms with Crippen LogP contribution in [0, 0.1) is 0 Å². The number of phenolic OH excluding ortho intramolecular Hbond substituents is 1. The van der Waals surface area contributed by atoms with Gasteiger partial charge in [0.15, 0.2) is 5.82 Å². The van der Waals surface area contributed by atoms with Gasteiger partial charge in [0, 0.05) is 37.3 Å². The molecule has 1 fully saturated rings. The number of phenols is 1. The van der Waals surface area contributed by atoms with E-state index in [-0.39, 0.29) is 5.75 Å². The van der Waals surface area contributed by atoms with Crippen LogP contribution in [0.2, 0.25) is 0 Å². The Bertz CT molecular complexity index is 966. The average molecular weight is 390 g/mol. The third-order valence-corrected chi connectivity index (χ3v) is 5.63. The molecule has 0 radical (unpaired) electrons. The fourth-order valence-electron chi connectivity index (χ4n) is 4.13. The van der Waals surface area contributed by atoms with E-state index in [4.69, 9.17) is 5.73 Å². The van der Waals surface area contributed by atoms with E-state index in [1.165, 1.54) is 5.56 Å². The maximum absolute atomic E-state index is 10.2. The topological polar surface area (TPSA) is 78.5 Å². The highest BCUT2D eigenvalue weighted by Crippen LogP contribution is 2.33. The first-order valence-electron chi connectivity index (χ1n) is 9.99. The quantitative estimate of drug-likeness (QED) is 0.711. The number of anilines is 2. The Hall–Kier alpha value is -3.12. The molecule has 2 aromatic carbocycles. The van der Waals surface area contributed by atoms with Crippen LogP contribution >= 0.6 is 0 Å². The number of hydrogen-bond acceptors (Lipinski definition) is 6. The fraction of sp³-hybridized carbons (Fsp3) is 0.304. The lowest BCUT2D eigenvalue weighted by Crippen LogP contribution is -2.56. The zero-order valence-electron chi connectivity index (χ0n) is 16.9. The molecule has 6 nitrogen and oxygen atoms in total. The second-order valence-corrected chi connectivity index (χ2v) is 7.78. The van der Waals surface area contributed by atoms with Crippen molar-refractivity contribution in [2.75, 3.05) is 23.7 Å². The van der Waals surface area contributed by atoms with Crippen molar-refractivity contribution in [3.63, 3.8) is 0 Å². The van der Waals surface area contributed by atoms with Gasteiger partial charge in [-0.1, -0.05) is 42.5 Å². The van der Waals surface area contributed by atoms with Gasteiger partial charge in [0.2, 0.25) is 0 Å². The summed E-state index contributed by atoms with van der Waals surface area (Å²) >= 11 is 0. The second kappa shape index (κ2) is 8.09. The van der Waals surface area contributed by atoms with Crippen LogP contribution in [0.25, 0.3) is 11.3 Å². The molecule has 29 heavy (non-hydrogen) atoms.